The lowest BCUT2D eigenvalue weighted by molar-refractivity contribution is 0.0894. The van der Waals surface area contributed by atoms with Crippen LogP contribution in [0.2, 0.25) is 0 Å². The maximum absolute atomic E-state index is 11.2. The molecule has 0 radical (unpaired) electrons. The van der Waals surface area contributed by atoms with Crippen molar-refractivity contribution >= 4 is 10.0 Å². The van der Waals surface area contributed by atoms with Crippen LogP contribution >= 0.6 is 0 Å². The molecule has 7 nitrogen and oxygen atoms in total. The first kappa shape index (κ1) is 14.2. The van der Waals surface area contributed by atoms with Gasteiger partial charge in [0.1, 0.15) is 6.61 Å². The molecule has 0 aliphatic heterocycles. The largest absolute Gasteiger partial charge is 0.371 e. The first-order valence-corrected chi connectivity index (χ1v) is 8.10. The monoisotopic (exact) mass is 309 g/mol. The van der Waals surface area contributed by atoms with Crippen LogP contribution in [0.3, 0.4) is 0 Å². The Morgan fingerprint density at radius 2 is 2.00 bits per heavy atom. The summed E-state index contributed by atoms with van der Waals surface area (Å²) >= 11 is 0. The Kier molecular flexibility index (Phi) is 3.75. The zero-order valence-electron chi connectivity index (χ0n) is 11.2. The van der Waals surface area contributed by atoms with Crippen LogP contribution < -0.4 is 5.14 Å². The van der Waals surface area contributed by atoms with Crippen molar-refractivity contribution in [1.29, 1.82) is 0 Å². The molecule has 112 valence electrons. The number of aromatic nitrogens is 2. The van der Waals surface area contributed by atoms with Crippen LogP contribution in [-0.2, 0) is 21.4 Å². The molecule has 0 spiro atoms. The minimum Gasteiger partial charge on any atom is -0.371 e. The Balaban J connectivity index is 1.67. The van der Waals surface area contributed by atoms with Crippen molar-refractivity contribution < 1.29 is 17.7 Å². The van der Waals surface area contributed by atoms with Gasteiger partial charge in [-0.15, -0.1) is 0 Å². The quantitative estimate of drug-likeness (QED) is 0.861. The molecular formula is C13H15N3O4S. The van der Waals surface area contributed by atoms with E-state index in [1.807, 2.05) is 0 Å². The summed E-state index contributed by atoms with van der Waals surface area (Å²) in [6.07, 6.45) is 2.46. The fraction of sp³-hybridized carbons (Fsp3) is 0.385. The first-order valence-electron chi connectivity index (χ1n) is 6.56. The molecule has 8 heteroatoms. The van der Waals surface area contributed by atoms with E-state index in [0.29, 0.717) is 29.8 Å². The van der Waals surface area contributed by atoms with Crippen molar-refractivity contribution in [3.63, 3.8) is 0 Å². The van der Waals surface area contributed by atoms with E-state index in [1.54, 1.807) is 12.1 Å². The number of hydrogen-bond donors (Lipinski definition) is 1. The van der Waals surface area contributed by atoms with Crippen molar-refractivity contribution in [2.24, 2.45) is 11.1 Å². The number of rotatable bonds is 6. The lowest BCUT2D eigenvalue weighted by atomic mass is 10.2. The highest BCUT2D eigenvalue weighted by molar-refractivity contribution is 7.89. The van der Waals surface area contributed by atoms with Crippen molar-refractivity contribution in [3.05, 3.63) is 30.2 Å². The van der Waals surface area contributed by atoms with Crippen molar-refractivity contribution in [1.82, 2.24) is 10.1 Å². The van der Waals surface area contributed by atoms with E-state index in [4.69, 9.17) is 14.4 Å². The predicted molar refractivity (Wildman–Crippen MR) is 73.5 cm³/mol. The van der Waals surface area contributed by atoms with E-state index in [9.17, 15) is 8.42 Å². The Bertz CT molecular complexity index is 720. The summed E-state index contributed by atoms with van der Waals surface area (Å²) in [5.41, 5.74) is 0.652. The summed E-state index contributed by atoms with van der Waals surface area (Å²) < 4.78 is 32.9. The first-order chi connectivity index (χ1) is 10.0. The maximum Gasteiger partial charge on any atom is 0.252 e. The molecule has 1 fully saturated rings. The minimum atomic E-state index is -3.70. The van der Waals surface area contributed by atoms with Gasteiger partial charge in [0.05, 0.1) is 11.5 Å². The highest BCUT2D eigenvalue weighted by Crippen LogP contribution is 2.29. The molecule has 1 saturated carbocycles. The van der Waals surface area contributed by atoms with E-state index in [2.05, 4.69) is 10.1 Å². The normalized spacial score (nSPS) is 15.3. The highest BCUT2D eigenvalue weighted by atomic mass is 32.2. The van der Waals surface area contributed by atoms with Crippen LogP contribution in [0.1, 0.15) is 18.7 Å². The van der Waals surface area contributed by atoms with Crippen LogP contribution in [-0.4, -0.2) is 25.2 Å². The molecule has 0 bridgehead atoms. The minimum absolute atomic E-state index is 0.0442. The molecule has 2 N–H and O–H groups in total. The van der Waals surface area contributed by atoms with Gasteiger partial charge in [-0.2, -0.15) is 4.98 Å². The Labute approximate surface area is 122 Å². The SMILES string of the molecule is NS(=O)(=O)c1ccc(-c2noc(COCC3CC3)n2)cc1. The number of nitrogens with zero attached hydrogens (tertiary/aromatic N) is 2. The van der Waals surface area contributed by atoms with Gasteiger partial charge in [-0.05, 0) is 43.0 Å². The van der Waals surface area contributed by atoms with Crippen molar-refractivity contribution in [2.45, 2.75) is 24.3 Å². The highest BCUT2D eigenvalue weighted by Gasteiger charge is 2.21. The number of benzene rings is 1. The molecule has 1 aliphatic rings. The third-order valence-electron chi connectivity index (χ3n) is 3.19. The average Bonchev–Trinajstić information content (AvgIpc) is 3.14. The van der Waals surface area contributed by atoms with Gasteiger partial charge in [-0.25, -0.2) is 13.6 Å². The number of hydrogen-bond acceptors (Lipinski definition) is 6. The third-order valence-corrected chi connectivity index (χ3v) is 4.11. The van der Waals surface area contributed by atoms with Gasteiger partial charge < -0.3 is 9.26 Å². The second-order valence-electron chi connectivity index (χ2n) is 5.04. The summed E-state index contributed by atoms with van der Waals surface area (Å²) in [6.45, 7) is 1.01. The molecule has 1 aromatic heterocycles. The van der Waals surface area contributed by atoms with E-state index >= 15 is 0 Å². The topological polar surface area (TPSA) is 108 Å². The fourth-order valence-corrected chi connectivity index (χ4v) is 2.34. The van der Waals surface area contributed by atoms with E-state index < -0.39 is 10.0 Å². The molecule has 0 atom stereocenters. The summed E-state index contributed by atoms with van der Waals surface area (Å²) in [4.78, 5) is 4.25. The lowest BCUT2D eigenvalue weighted by Gasteiger charge is -1.98. The van der Waals surface area contributed by atoms with E-state index in [-0.39, 0.29) is 4.90 Å². The zero-order valence-corrected chi connectivity index (χ0v) is 12.0. The Morgan fingerprint density at radius 1 is 1.29 bits per heavy atom. The molecule has 1 aromatic carbocycles. The standard InChI is InChI=1S/C13H15N3O4S/c14-21(17,18)11-5-3-10(4-6-11)13-15-12(20-16-13)8-19-7-9-1-2-9/h3-6,9H,1-2,7-8H2,(H2,14,17,18). The average molecular weight is 309 g/mol. The van der Waals surface area contributed by atoms with Crippen LogP contribution in [0.15, 0.2) is 33.7 Å². The molecule has 21 heavy (non-hydrogen) atoms. The van der Waals surface area contributed by atoms with Gasteiger partial charge in [0, 0.05) is 5.56 Å². The second-order valence-corrected chi connectivity index (χ2v) is 6.60. The van der Waals surface area contributed by atoms with Gasteiger partial charge in [0.25, 0.3) is 5.89 Å². The lowest BCUT2D eigenvalue weighted by Crippen LogP contribution is -2.11. The Morgan fingerprint density at radius 3 is 2.62 bits per heavy atom. The predicted octanol–water partition coefficient (Wildman–Crippen LogP) is 1.31. The molecule has 2 aromatic rings. The van der Waals surface area contributed by atoms with Gasteiger partial charge in [0.15, 0.2) is 0 Å². The van der Waals surface area contributed by atoms with Crippen molar-refractivity contribution in [3.8, 4) is 11.4 Å². The van der Waals surface area contributed by atoms with E-state index in [0.717, 1.165) is 6.61 Å². The van der Waals surface area contributed by atoms with Crippen molar-refractivity contribution in [2.75, 3.05) is 6.61 Å². The maximum atomic E-state index is 11.2. The summed E-state index contributed by atoms with van der Waals surface area (Å²) in [5, 5.41) is 8.88. The molecule has 1 aliphatic carbocycles. The summed E-state index contributed by atoms with van der Waals surface area (Å²) in [6, 6.07) is 5.98. The number of nitrogens with two attached hydrogens (primary N) is 1. The fourth-order valence-electron chi connectivity index (χ4n) is 1.82. The van der Waals surface area contributed by atoms with E-state index in [1.165, 1.54) is 25.0 Å². The van der Waals surface area contributed by atoms with Gasteiger partial charge in [-0.1, -0.05) is 5.16 Å². The van der Waals surface area contributed by atoms with Gasteiger partial charge >= 0.3 is 0 Å². The van der Waals surface area contributed by atoms with Gasteiger partial charge in [-0.3, -0.25) is 0 Å². The molecule has 0 unspecified atom stereocenters. The molecule has 0 amide bonds. The summed E-state index contributed by atoms with van der Waals surface area (Å²) in [7, 11) is -3.70. The second kappa shape index (κ2) is 5.55. The smallest absolute Gasteiger partial charge is 0.252 e. The molecule has 0 saturated heterocycles. The van der Waals surface area contributed by atoms with Crippen LogP contribution in [0.4, 0.5) is 0 Å². The number of primary sulfonamides is 1. The molecule has 3 rings (SSSR count). The van der Waals surface area contributed by atoms with Crippen LogP contribution in [0.5, 0.6) is 0 Å². The van der Waals surface area contributed by atoms with Crippen LogP contribution in [0.25, 0.3) is 11.4 Å². The van der Waals surface area contributed by atoms with Crippen LogP contribution in [0, 0.1) is 5.92 Å². The molecular weight excluding hydrogens is 294 g/mol. The van der Waals surface area contributed by atoms with Gasteiger partial charge in [0.2, 0.25) is 15.8 Å². The third kappa shape index (κ3) is 3.66. The molecule has 1 heterocycles. The zero-order chi connectivity index (χ0) is 14.9. The number of sulfonamides is 1. The Hall–Kier alpha value is -1.77. The number of ether oxygens (including phenoxy) is 1. The summed E-state index contributed by atoms with van der Waals surface area (Å²) in [5.74, 6) is 1.47.